The minimum atomic E-state index is -0.209. The van der Waals surface area contributed by atoms with Crippen LogP contribution in [0.1, 0.15) is 36.8 Å². The van der Waals surface area contributed by atoms with Gasteiger partial charge in [-0.1, -0.05) is 25.0 Å². The van der Waals surface area contributed by atoms with Crippen LogP contribution < -0.4 is 5.73 Å². The van der Waals surface area contributed by atoms with Gasteiger partial charge in [-0.25, -0.2) is 4.39 Å². The van der Waals surface area contributed by atoms with Crippen LogP contribution in [0.3, 0.4) is 0 Å². The molecule has 1 saturated carbocycles. The Morgan fingerprint density at radius 2 is 2.06 bits per heavy atom. The topological polar surface area (TPSA) is 35.2 Å². The normalized spacial score (nSPS) is 16.6. The van der Waals surface area contributed by atoms with Crippen LogP contribution >= 0.6 is 0 Å². The smallest absolute Gasteiger partial charge is 0.129 e. The van der Waals surface area contributed by atoms with Crippen molar-refractivity contribution >= 4 is 0 Å². The third-order valence-corrected chi connectivity index (χ3v) is 3.44. The van der Waals surface area contributed by atoms with Crippen LogP contribution in [0.2, 0.25) is 0 Å². The fourth-order valence-electron chi connectivity index (χ4n) is 2.35. The Kier molecular flexibility index (Phi) is 4.51. The zero-order valence-electron chi connectivity index (χ0n) is 10.1. The number of benzene rings is 1. The molecule has 1 fully saturated rings. The summed E-state index contributed by atoms with van der Waals surface area (Å²) in [5.74, 6) is 0.473. The van der Waals surface area contributed by atoms with Crippen molar-refractivity contribution in [3.8, 4) is 0 Å². The molecule has 0 radical (unpaired) electrons. The molecule has 0 aliphatic heterocycles. The van der Waals surface area contributed by atoms with Crippen molar-refractivity contribution in [2.24, 2.45) is 11.7 Å². The number of nitrogens with two attached hydrogens (primary N) is 1. The average molecular weight is 237 g/mol. The van der Waals surface area contributed by atoms with Crippen molar-refractivity contribution in [3.05, 3.63) is 35.1 Å². The van der Waals surface area contributed by atoms with E-state index in [1.807, 2.05) is 6.07 Å². The Labute approximate surface area is 102 Å². The summed E-state index contributed by atoms with van der Waals surface area (Å²) in [4.78, 5) is 0. The van der Waals surface area contributed by atoms with Crippen LogP contribution in [0.15, 0.2) is 18.2 Å². The Balaban J connectivity index is 1.81. The summed E-state index contributed by atoms with van der Waals surface area (Å²) in [6.45, 7) is 1.51. The standard InChI is InChI=1S/C14H20FNO/c15-14-7-12(8-16)5-6-13(14)10-17-9-11-3-1-2-4-11/h5-7,11H,1-4,8-10,16H2. The third kappa shape index (κ3) is 3.51. The molecule has 1 aromatic rings. The van der Waals surface area contributed by atoms with Crippen molar-refractivity contribution in [1.29, 1.82) is 0 Å². The number of rotatable bonds is 5. The van der Waals surface area contributed by atoms with E-state index in [-0.39, 0.29) is 5.82 Å². The van der Waals surface area contributed by atoms with Crippen molar-refractivity contribution in [2.75, 3.05) is 6.61 Å². The first-order chi connectivity index (χ1) is 8.29. The molecule has 0 atom stereocenters. The van der Waals surface area contributed by atoms with Gasteiger partial charge >= 0.3 is 0 Å². The molecule has 0 amide bonds. The van der Waals surface area contributed by atoms with E-state index in [2.05, 4.69) is 0 Å². The van der Waals surface area contributed by atoms with Gasteiger partial charge in [0.2, 0.25) is 0 Å². The first kappa shape index (κ1) is 12.5. The number of hydrogen-bond donors (Lipinski definition) is 1. The molecule has 2 N–H and O–H groups in total. The summed E-state index contributed by atoms with van der Waals surface area (Å²) in [7, 11) is 0. The van der Waals surface area contributed by atoms with Crippen LogP contribution in [0.4, 0.5) is 4.39 Å². The van der Waals surface area contributed by atoms with Gasteiger partial charge in [0.25, 0.3) is 0 Å². The molecular weight excluding hydrogens is 217 g/mol. The van der Waals surface area contributed by atoms with Crippen LogP contribution in [-0.2, 0) is 17.9 Å². The SMILES string of the molecule is NCc1ccc(COCC2CCCC2)c(F)c1. The van der Waals surface area contributed by atoms with Gasteiger partial charge in [-0.3, -0.25) is 0 Å². The van der Waals surface area contributed by atoms with Gasteiger partial charge in [0.15, 0.2) is 0 Å². The molecule has 0 heterocycles. The highest BCUT2D eigenvalue weighted by atomic mass is 19.1. The van der Waals surface area contributed by atoms with Gasteiger partial charge in [0, 0.05) is 18.7 Å². The fourth-order valence-corrected chi connectivity index (χ4v) is 2.35. The van der Waals surface area contributed by atoms with E-state index in [1.165, 1.54) is 31.7 Å². The Morgan fingerprint density at radius 3 is 2.71 bits per heavy atom. The monoisotopic (exact) mass is 237 g/mol. The number of hydrogen-bond acceptors (Lipinski definition) is 2. The Morgan fingerprint density at radius 1 is 1.29 bits per heavy atom. The molecule has 1 aromatic carbocycles. The van der Waals surface area contributed by atoms with Gasteiger partial charge in [-0.05, 0) is 30.4 Å². The average Bonchev–Trinajstić information content (AvgIpc) is 2.84. The summed E-state index contributed by atoms with van der Waals surface area (Å²) in [5, 5.41) is 0. The molecule has 0 aromatic heterocycles. The van der Waals surface area contributed by atoms with Gasteiger partial charge in [0.05, 0.1) is 6.61 Å². The maximum absolute atomic E-state index is 13.6. The van der Waals surface area contributed by atoms with E-state index >= 15 is 0 Å². The second kappa shape index (κ2) is 6.12. The Hall–Kier alpha value is -0.930. The fraction of sp³-hybridized carbons (Fsp3) is 0.571. The van der Waals surface area contributed by atoms with E-state index in [0.717, 1.165) is 12.2 Å². The quantitative estimate of drug-likeness (QED) is 0.854. The molecular formula is C14H20FNO. The summed E-state index contributed by atoms with van der Waals surface area (Å²) >= 11 is 0. The van der Waals surface area contributed by atoms with Crippen LogP contribution in [-0.4, -0.2) is 6.61 Å². The lowest BCUT2D eigenvalue weighted by Crippen LogP contribution is -2.06. The molecule has 0 bridgehead atoms. The van der Waals surface area contributed by atoms with Crippen molar-refractivity contribution in [3.63, 3.8) is 0 Å². The highest BCUT2D eigenvalue weighted by molar-refractivity contribution is 5.23. The van der Waals surface area contributed by atoms with Crippen molar-refractivity contribution in [2.45, 2.75) is 38.8 Å². The molecule has 0 spiro atoms. The van der Waals surface area contributed by atoms with E-state index in [4.69, 9.17) is 10.5 Å². The number of ether oxygens (including phenoxy) is 1. The molecule has 2 nitrogen and oxygen atoms in total. The van der Waals surface area contributed by atoms with Crippen LogP contribution in [0, 0.1) is 11.7 Å². The maximum atomic E-state index is 13.6. The van der Waals surface area contributed by atoms with Crippen LogP contribution in [0.25, 0.3) is 0 Å². The lowest BCUT2D eigenvalue weighted by atomic mass is 10.1. The lowest BCUT2D eigenvalue weighted by molar-refractivity contribution is 0.0869. The molecule has 2 rings (SSSR count). The Bertz CT molecular complexity index is 361. The van der Waals surface area contributed by atoms with Gasteiger partial charge in [0.1, 0.15) is 5.82 Å². The highest BCUT2D eigenvalue weighted by Crippen LogP contribution is 2.25. The molecule has 1 aliphatic carbocycles. The van der Waals surface area contributed by atoms with E-state index in [9.17, 15) is 4.39 Å². The van der Waals surface area contributed by atoms with E-state index in [0.29, 0.717) is 24.6 Å². The molecule has 0 saturated heterocycles. The summed E-state index contributed by atoms with van der Waals surface area (Å²) in [6, 6.07) is 5.12. The first-order valence-electron chi connectivity index (χ1n) is 6.34. The van der Waals surface area contributed by atoms with Crippen LogP contribution in [0.5, 0.6) is 0 Å². The van der Waals surface area contributed by atoms with E-state index < -0.39 is 0 Å². The van der Waals surface area contributed by atoms with E-state index in [1.54, 1.807) is 6.07 Å². The zero-order chi connectivity index (χ0) is 12.1. The summed E-state index contributed by atoms with van der Waals surface area (Å²) in [6.07, 6.45) is 5.14. The zero-order valence-corrected chi connectivity index (χ0v) is 10.1. The van der Waals surface area contributed by atoms with Crippen molar-refractivity contribution < 1.29 is 9.13 Å². The lowest BCUT2D eigenvalue weighted by Gasteiger charge is -2.10. The molecule has 0 unspecified atom stereocenters. The summed E-state index contributed by atoms with van der Waals surface area (Å²) in [5.41, 5.74) is 6.90. The predicted molar refractivity (Wildman–Crippen MR) is 65.9 cm³/mol. The second-order valence-corrected chi connectivity index (χ2v) is 4.80. The second-order valence-electron chi connectivity index (χ2n) is 4.80. The molecule has 17 heavy (non-hydrogen) atoms. The van der Waals surface area contributed by atoms with Gasteiger partial charge in [-0.2, -0.15) is 0 Å². The molecule has 94 valence electrons. The minimum absolute atomic E-state index is 0.209. The maximum Gasteiger partial charge on any atom is 0.129 e. The third-order valence-electron chi connectivity index (χ3n) is 3.44. The number of halogens is 1. The highest BCUT2D eigenvalue weighted by Gasteiger charge is 2.15. The molecule has 1 aliphatic rings. The van der Waals surface area contributed by atoms with Gasteiger partial charge in [-0.15, -0.1) is 0 Å². The minimum Gasteiger partial charge on any atom is -0.376 e. The largest absolute Gasteiger partial charge is 0.376 e. The molecule has 3 heteroatoms. The van der Waals surface area contributed by atoms with Crippen molar-refractivity contribution in [1.82, 2.24) is 0 Å². The first-order valence-corrected chi connectivity index (χ1v) is 6.34. The predicted octanol–water partition coefficient (Wildman–Crippen LogP) is 2.99. The summed E-state index contributed by atoms with van der Waals surface area (Å²) < 4.78 is 19.2. The van der Waals surface area contributed by atoms with Gasteiger partial charge < -0.3 is 10.5 Å².